The first-order valence-corrected chi connectivity index (χ1v) is 6.62. The monoisotopic (exact) mass is 265 g/mol. The van der Waals surface area contributed by atoms with Crippen LogP contribution in [0.1, 0.15) is 18.5 Å². The highest BCUT2D eigenvalue weighted by Crippen LogP contribution is 2.25. The lowest BCUT2D eigenvalue weighted by atomic mass is 9.97. The van der Waals surface area contributed by atoms with E-state index in [4.69, 9.17) is 22.7 Å². The van der Waals surface area contributed by atoms with E-state index in [0.717, 1.165) is 43.9 Å². The molecule has 1 fully saturated rings. The Hall–Kier alpha value is -1.20. The summed E-state index contributed by atoms with van der Waals surface area (Å²) in [7, 11) is 1.76. The molecule has 98 valence electrons. The van der Waals surface area contributed by atoms with Crippen LogP contribution in [0.4, 0.5) is 5.69 Å². The minimum atomic E-state index is 0.365. The Bertz CT molecular complexity index is 416. The van der Waals surface area contributed by atoms with Crippen molar-refractivity contribution in [3.8, 4) is 0 Å². The topological polar surface area (TPSA) is 51.4 Å². The maximum atomic E-state index is 5.72. The molecule has 2 rings (SSSR count). The molecule has 0 amide bonds. The van der Waals surface area contributed by atoms with E-state index in [2.05, 4.69) is 9.88 Å². The summed E-state index contributed by atoms with van der Waals surface area (Å²) < 4.78 is 5.21. The molecule has 0 aromatic carbocycles. The fourth-order valence-electron chi connectivity index (χ4n) is 2.42. The molecule has 2 N–H and O–H groups in total. The summed E-state index contributed by atoms with van der Waals surface area (Å²) in [5.41, 5.74) is 7.51. The van der Waals surface area contributed by atoms with Gasteiger partial charge in [-0.2, -0.15) is 0 Å². The van der Waals surface area contributed by atoms with Crippen LogP contribution < -0.4 is 10.6 Å². The van der Waals surface area contributed by atoms with Crippen molar-refractivity contribution in [2.75, 3.05) is 31.7 Å². The average molecular weight is 265 g/mol. The highest BCUT2D eigenvalue weighted by molar-refractivity contribution is 7.80. The summed E-state index contributed by atoms with van der Waals surface area (Å²) in [5.74, 6) is 0.663. The van der Waals surface area contributed by atoms with Crippen LogP contribution in [0.3, 0.4) is 0 Å². The molecule has 0 spiro atoms. The molecule has 1 aliphatic heterocycles. The maximum absolute atomic E-state index is 5.72. The highest BCUT2D eigenvalue weighted by atomic mass is 32.1. The molecule has 18 heavy (non-hydrogen) atoms. The molecule has 1 saturated heterocycles. The van der Waals surface area contributed by atoms with Crippen LogP contribution in [0.5, 0.6) is 0 Å². The first kappa shape index (κ1) is 13.2. The Morgan fingerprint density at radius 3 is 2.89 bits per heavy atom. The number of aromatic nitrogens is 1. The van der Waals surface area contributed by atoms with Crippen LogP contribution in [-0.2, 0) is 4.74 Å². The zero-order chi connectivity index (χ0) is 13.0. The zero-order valence-electron chi connectivity index (χ0n) is 10.6. The van der Waals surface area contributed by atoms with Crippen molar-refractivity contribution >= 4 is 22.9 Å². The molecule has 1 aromatic heterocycles. The number of ether oxygens (including phenoxy) is 1. The van der Waals surface area contributed by atoms with Crippen LogP contribution in [0.25, 0.3) is 0 Å². The number of nitrogens with zero attached hydrogens (tertiary/aromatic N) is 2. The number of methoxy groups -OCH3 is 1. The third-order valence-electron chi connectivity index (χ3n) is 3.38. The summed E-state index contributed by atoms with van der Waals surface area (Å²) in [6, 6.07) is 3.97. The largest absolute Gasteiger partial charge is 0.388 e. The second kappa shape index (κ2) is 6.11. The van der Waals surface area contributed by atoms with E-state index >= 15 is 0 Å². The van der Waals surface area contributed by atoms with Crippen molar-refractivity contribution < 1.29 is 4.74 Å². The first-order chi connectivity index (χ1) is 8.72. The van der Waals surface area contributed by atoms with Gasteiger partial charge in [0.2, 0.25) is 0 Å². The smallest absolute Gasteiger partial charge is 0.124 e. The molecule has 1 aliphatic rings. The Morgan fingerprint density at radius 1 is 1.56 bits per heavy atom. The molecular weight excluding hydrogens is 246 g/mol. The van der Waals surface area contributed by atoms with Gasteiger partial charge in [-0.05, 0) is 30.9 Å². The number of pyridine rings is 1. The van der Waals surface area contributed by atoms with Gasteiger partial charge in [0.15, 0.2) is 0 Å². The minimum Gasteiger partial charge on any atom is -0.388 e. The lowest BCUT2D eigenvalue weighted by Gasteiger charge is -2.34. The van der Waals surface area contributed by atoms with Crippen LogP contribution >= 0.6 is 12.2 Å². The van der Waals surface area contributed by atoms with E-state index in [1.54, 1.807) is 13.3 Å². The standard InChI is InChI=1S/C13H19N3OS/c1-17-9-10-4-7-16(8-5-10)11-3-2-6-15-12(11)13(14)18/h2-3,6,10H,4-5,7-9H2,1H3,(H2,14,18). The molecule has 0 radical (unpaired) electrons. The minimum absolute atomic E-state index is 0.365. The van der Waals surface area contributed by atoms with Crippen molar-refractivity contribution in [3.05, 3.63) is 24.0 Å². The van der Waals surface area contributed by atoms with E-state index in [1.807, 2.05) is 12.1 Å². The lowest BCUT2D eigenvalue weighted by Crippen LogP contribution is -2.36. The first-order valence-electron chi connectivity index (χ1n) is 6.21. The van der Waals surface area contributed by atoms with Crippen molar-refractivity contribution in [1.29, 1.82) is 0 Å². The van der Waals surface area contributed by atoms with Crippen molar-refractivity contribution in [2.45, 2.75) is 12.8 Å². The summed E-state index contributed by atoms with van der Waals surface area (Å²) >= 11 is 5.05. The fourth-order valence-corrected chi connectivity index (χ4v) is 2.58. The van der Waals surface area contributed by atoms with E-state index in [-0.39, 0.29) is 0 Å². The fraction of sp³-hybridized carbons (Fsp3) is 0.538. The van der Waals surface area contributed by atoms with Crippen LogP contribution in [-0.4, -0.2) is 36.8 Å². The second-order valence-corrected chi connectivity index (χ2v) is 5.06. The van der Waals surface area contributed by atoms with Gasteiger partial charge >= 0.3 is 0 Å². The van der Waals surface area contributed by atoms with E-state index in [9.17, 15) is 0 Å². The number of hydrogen-bond donors (Lipinski definition) is 1. The molecule has 2 heterocycles. The van der Waals surface area contributed by atoms with Gasteiger partial charge in [0.1, 0.15) is 10.7 Å². The van der Waals surface area contributed by atoms with E-state index in [0.29, 0.717) is 10.9 Å². The predicted octanol–water partition coefficient (Wildman–Crippen LogP) is 1.58. The highest BCUT2D eigenvalue weighted by Gasteiger charge is 2.21. The molecular formula is C13H19N3OS. The van der Waals surface area contributed by atoms with Gasteiger partial charge in [0.25, 0.3) is 0 Å². The van der Waals surface area contributed by atoms with E-state index < -0.39 is 0 Å². The number of piperidine rings is 1. The molecule has 0 atom stereocenters. The Labute approximate surface area is 113 Å². The predicted molar refractivity (Wildman–Crippen MR) is 76.9 cm³/mol. The lowest BCUT2D eigenvalue weighted by molar-refractivity contribution is 0.139. The molecule has 0 bridgehead atoms. The van der Waals surface area contributed by atoms with Gasteiger partial charge in [-0.25, -0.2) is 0 Å². The summed E-state index contributed by atoms with van der Waals surface area (Å²) in [6.07, 6.45) is 4.01. The summed E-state index contributed by atoms with van der Waals surface area (Å²) in [5, 5.41) is 0. The average Bonchev–Trinajstić information content (AvgIpc) is 2.40. The number of hydrogen-bond acceptors (Lipinski definition) is 4. The molecule has 0 saturated carbocycles. The Morgan fingerprint density at radius 2 is 2.28 bits per heavy atom. The van der Waals surface area contributed by atoms with Gasteiger partial charge in [-0.3, -0.25) is 4.98 Å². The SMILES string of the molecule is COCC1CCN(c2cccnc2C(N)=S)CC1. The van der Waals surface area contributed by atoms with Crippen LogP contribution in [0, 0.1) is 5.92 Å². The third-order valence-corrected chi connectivity index (χ3v) is 3.57. The molecule has 1 aromatic rings. The number of anilines is 1. The normalized spacial score (nSPS) is 16.8. The number of rotatable bonds is 4. The van der Waals surface area contributed by atoms with E-state index in [1.165, 1.54) is 0 Å². The van der Waals surface area contributed by atoms with Crippen molar-refractivity contribution in [2.24, 2.45) is 11.7 Å². The quantitative estimate of drug-likeness (QED) is 0.838. The molecule has 0 unspecified atom stereocenters. The van der Waals surface area contributed by atoms with Gasteiger partial charge < -0.3 is 15.4 Å². The second-order valence-electron chi connectivity index (χ2n) is 4.62. The third kappa shape index (κ3) is 2.97. The molecule has 5 heteroatoms. The summed E-state index contributed by atoms with van der Waals surface area (Å²) in [6.45, 7) is 2.87. The van der Waals surface area contributed by atoms with Crippen molar-refractivity contribution in [1.82, 2.24) is 4.98 Å². The maximum Gasteiger partial charge on any atom is 0.124 e. The van der Waals surface area contributed by atoms with Gasteiger partial charge in [-0.15, -0.1) is 0 Å². The van der Waals surface area contributed by atoms with Gasteiger partial charge in [0, 0.05) is 33.0 Å². The van der Waals surface area contributed by atoms with Crippen LogP contribution in [0.15, 0.2) is 18.3 Å². The molecule has 0 aliphatic carbocycles. The summed E-state index contributed by atoms with van der Waals surface area (Å²) in [4.78, 5) is 6.95. The zero-order valence-corrected chi connectivity index (χ0v) is 11.4. The van der Waals surface area contributed by atoms with Gasteiger partial charge in [-0.1, -0.05) is 12.2 Å². The van der Waals surface area contributed by atoms with Crippen LogP contribution in [0.2, 0.25) is 0 Å². The van der Waals surface area contributed by atoms with Gasteiger partial charge in [0.05, 0.1) is 5.69 Å². The number of thiocarbonyl (C=S) groups is 1. The molecule has 4 nitrogen and oxygen atoms in total. The van der Waals surface area contributed by atoms with Crippen molar-refractivity contribution in [3.63, 3.8) is 0 Å². The number of nitrogens with two attached hydrogens (primary N) is 1. The Balaban J connectivity index is 2.07. The Kier molecular flexibility index (Phi) is 4.49.